The van der Waals surface area contributed by atoms with Gasteiger partial charge in [-0.1, -0.05) is 12.8 Å². The minimum atomic E-state index is -0.241. The summed E-state index contributed by atoms with van der Waals surface area (Å²) in [5, 5.41) is 9.83. The minimum absolute atomic E-state index is 0.111. The third kappa shape index (κ3) is 4.67. The fraction of sp³-hybridized carbons (Fsp3) is 1.00. The van der Waals surface area contributed by atoms with E-state index in [1.54, 1.807) is 0 Å². The maximum Gasteiger partial charge on any atom is 0.0833 e. The average molecular weight is 218 g/mol. The fourth-order valence-corrected chi connectivity index (χ4v) is 2.12. The van der Waals surface area contributed by atoms with Gasteiger partial charge in [0.25, 0.3) is 0 Å². The van der Waals surface area contributed by atoms with Crippen LogP contribution in [0.5, 0.6) is 0 Å². The number of hydrogen-bond donors (Lipinski definition) is 2. The normalized spacial score (nSPS) is 24.9. The summed E-state index contributed by atoms with van der Waals surface area (Å²) in [5.74, 6) is 0.954. The van der Waals surface area contributed by atoms with Crippen LogP contribution in [0.15, 0.2) is 0 Å². The molecule has 1 saturated heterocycles. The van der Waals surface area contributed by atoms with Crippen molar-refractivity contribution < 1.29 is 9.84 Å². The Morgan fingerprint density at radius 1 is 1.29 bits per heavy atom. The van der Waals surface area contributed by atoms with Crippen molar-refractivity contribution in [3.05, 3.63) is 0 Å². The van der Waals surface area contributed by atoms with Crippen molar-refractivity contribution in [1.29, 1.82) is 0 Å². The molecule has 84 valence electrons. The van der Waals surface area contributed by atoms with Crippen molar-refractivity contribution in [3.8, 4) is 0 Å². The number of aliphatic hydroxyl groups excluding tert-OH is 1. The first-order valence-electron chi connectivity index (χ1n) is 5.75. The molecular weight excluding hydrogens is 196 g/mol. The van der Waals surface area contributed by atoms with Crippen LogP contribution in [-0.2, 0) is 4.74 Å². The van der Waals surface area contributed by atoms with Crippen LogP contribution in [-0.4, -0.2) is 29.7 Å². The van der Waals surface area contributed by atoms with Crippen molar-refractivity contribution in [2.24, 2.45) is 0 Å². The van der Waals surface area contributed by atoms with E-state index in [4.69, 9.17) is 4.74 Å². The van der Waals surface area contributed by atoms with E-state index in [0.29, 0.717) is 0 Å². The van der Waals surface area contributed by atoms with Crippen LogP contribution in [0.1, 0.15) is 44.9 Å². The second-order valence-corrected chi connectivity index (χ2v) is 4.49. The molecule has 2 atom stereocenters. The number of thiol groups is 1. The van der Waals surface area contributed by atoms with Crippen LogP contribution in [0.25, 0.3) is 0 Å². The molecule has 14 heavy (non-hydrogen) atoms. The van der Waals surface area contributed by atoms with E-state index in [2.05, 4.69) is 12.6 Å². The first-order valence-corrected chi connectivity index (χ1v) is 6.38. The van der Waals surface area contributed by atoms with Crippen LogP contribution >= 0.6 is 12.6 Å². The van der Waals surface area contributed by atoms with Crippen molar-refractivity contribution in [2.75, 3.05) is 12.4 Å². The Morgan fingerprint density at radius 2 is 2.14 bits per heavy atom. The molecule has 0 saturated carbocycles. The van der Waals surface area contributed by atoms with Crippen molar-refractivity contribution in [2.45, 2.75) is 57.2 Å². The molecule has 0 radical (unpaired) electrons. The molecule has 1 aliphatic rings. The number of ether oxygens (including phenoxy) is 1. The fourth-order valence-electron chi connectivity index (χ4n) is 1.90. The lowest BCUT2D eigenvalue weighted by Crippen LogP contribution is -2.32. The summed E-state index contributed by atoms with van der Waals surface area (Å²) in [6.07, 6.45) is 7.58. The lowest BCUT2D eigenvalue weighted by molar-refractivity contribution is -0.0648. The van der Waals surface area contributed by atoms with E-state index in [9.17, 15) is 5.11 Å². The molecule has 3 heteroatoms. The SMILES string of the molecule is OC(CCCCCS)C1CCCCO1. The van der Waals surface area contributed by atoms with Crippen LogP contribution < -0.4 is 0 Å². The summed E-state index contributed by atoms with van der Waals surface area (Å²) in [5.41, 5.74) is 0. The molecule has 1 heterocycles. The molecule has 0 aromatic heterocycles. The second-order valence-electron chi connectivity index (χ2n) is 4.05. The Hall–Kier alpha value is 0.270. The standard InChI is InChI=1S/C11H22O2S/c12-10(6-2-1-5-9-14)11-7-3-4-8-13-11/h10-12,14H,1-9H2. The zero-order valence-corrected chi connectivity index (χ0v) is 9.72. The van der Waals surface area contributed by atoms with Crippen LogP contribution in [0.3, 0.4) is 0 Å². The first kappa shape index (κ1) is 12.3. The minimum Gasteiger partial charge on any atom is -0.390 e. The lowest BCUT2D eigenvalue weighted by Gasteiger charge is -2.27. The molecule has 1 fully saturated rings. The van der Waals surface area contributed by atoms with E-state index in [0.717, 1.165) is 44.5 Å². The summed E-state index contributed by atoms with van der Waals surface area (Å²) in [4.78, 5) is 0. The molecule has 0 aromatic rings. The molecule has 1 N–H and O–H groups in total. The predicted molar refractivity (Wildman–Crippen MR) is 61.9 cm³/mol. The molecule has 0 aliphatic carbocycles. The highest BCUT2D eigenvalue weighted by atomic mass is 32.1. The second kappa shape index (κ2) is 7.55. The highest BCUT2D eigenvalue weighted by Crippen LogP contribution is 2.19. The third-order valence-corrected chi connectivity index (χ3v) is 3.12. The number of rotatable bonds is 6. The monoisotopic (exact) mass is 218 g/mol. The van der Waals surface area contributed by atoms with Gasteiger partial charge in [-0.2, -0.15) is 12.6 Å². The molecule has 1 rings (SSSR count). The highest BCUT2D eigenvalue weighted by molar-refractivity contribution is 7.80. The summed E-state index contributed by atoms with van der Waals surface area (Å²) >= 11 is 4.16. The number of aliphatic hydroxyl groups is 1. The van der Waals surface area contributed by atoms with Gasteiger partial charge in [0.15, 0.2) is 0 Å². The Kier molecular flexibility index (Phi) is 6.65. The average Bonchev–Trinajstić information content (AvgIpc) is 2.25. The van der Waals surface area contributed by atoms with Gasteiger partial charge < -0.3 is 9.84 Å². The highest BCUT2D eigenvalue weighted by Gasteiger charge is 2.21. The quantitative estimate of drug-likeness (QED) is 0.529. The van der Waals surface area contributed by atoms with E-state index in [1.807, 2.05) is 0 Å². The number of unbranched alkanes of at least 4 members (excludes halogenated alkanes) is 2. The molecular formula is C11H22O2S. The zero-order valence-electron chi connectivity index (χ0n) is 8.82. The molecule has 0 amide bonds. The van der Waals surface area contributed by atoms with Crippen molar-refractivity contribution in [3.63, 3.8) is 0 Å². The van der Waals surface area contributed by atoms with E-state index >= 15 is 0 Å². The van der Waals surface area contributed by atoms with Crippen molar-refractivity contribution >= 4 is 12.6 Å². The third-order valence-electron chi connectivity index (χ3n) is 2.80. The van der Waals surface area contributed by atoms with Crippen LogP contribution in [0.4, 0.5) is 0 Å². The van der Waals surface area contributed by atoms with Gasteiger partial charge in [-0.05, 0) is 37.9 Å². The summed E-state index contributed by atoms with van der Waals surface area (Å²) in [7, 11) is 0. The van der Waals surface area contributed by atoms with Crippen molar-refractivity contribution in [1.82, 2.24) is 0 Å². The lowest BCUT2D eigenvalue weighted by atomic mass is 10.00. The van der Waals surface area contributed by atoms with Gasteiger partial charge in [0.05, 0.1) is 12.2 Å². The molecule has 1 aliphatic heterocycles. The summed E-state index contributed by atoms with van der Waals surface area (Å²) in [6, 6.07) is 0. The summed E-state index contributed by atoms with van der Waals surface area (Å²) < 4.78 is 5.53. The Morgan fingerprint density at radius 3 is 2.79 bits per heavy atom. The summed E-state index contributed by atoms with van der Waals surface area (Å²) in [6.45, 7) is 0.832. The smallest absolute Gasteiger partial charge is 0.0833 e. The Bertz CT molecular complexity index is 135. The maximum absolute atomic E-state index is 9.83. The Balaban J connectivity index is 2.04. The van der Waals surface area contributed by atoms with Gasteiger partial charge in [0.1, 0.15) is 0 Å². The molecule has 0 bridgehead atoms. The van der Waals surface area contributed by atoms with Gasteiger partial charge in [-0.15, -0.1) is 0 Å². The molecule has 2 nitrogen and oxygen atoms in total. The molecule has 2 unspecified atom stereocenters. The van der Waals surface area contributed by atoms with Crippen LogP contribution in [0, 0.1) is 0 Å². The first-order chi connectivity index (χ1) is 6.84. The maximum atomic E-state index is 9.83. The zero-order chi connectivity index (χ0) is 10.2. The van der Waals surface area contributed by atoms with E-state index < -0.39 is 0 Å². The predicted octanol–water partition coefficient (Wildman–Crippen LogP) is 2.41. The number of hydrogen-bond acceptors (Lipinski definition) is 3. The van der Waals surface area contributed by atoms with Gasteiger partial charge in [0, 0.05) is 6.61 Å². The molecule has 0 aromatic carbocycles. The Labute approximate surface area is 92.4 Å². The largest absolute Gasteiger partial charge is 0.390 e. The van der Waals surface area contributed by atoms with Gasteiger partial charge in [0.2, 0.25) is 0 Å². The van der Waals surface area contributed by atoms with Gasteiger partial charge in [-0.25, -0.2) is 0 Å². The van der Waals surface area contributed by atoms with E-state index in [-0.39, 0.29) is 12.2 Å². The molecule has 0 spiro atoms. The topological polar surface area (TPSA) is 29.5 Å². The van der Waals surface area contributed by atoms with Crippen LogP contribution in [0.2, 0.25) is 0 Å². The van der Waals surface area contributed by atoms with E-state index in [1.165, 1.54) is 12.8 Å². The van der Waals surface area contributed by atoms with Gasteiger partial charge in [-0.3, -0.25) is 0 Å². The van der Waals surface area contributed by atoms with Gasteiger partial charge >= 0.3 is 0 Å².